The lowest BCUT2D eigenvalue weighted by atomic mass is 9.89. The summed E-state index contributed by atoms with van der Waals surface area (Å²) in [6, 6.07) is 35.0. The molecule has 1 unspecified atom stereocenters. The molecule has 6 aromatic carbocycles. The van der Waals surface area contributed by atoms with Crippen LogP contribution in [0.1, 0.15) is 22.8 Å². The molecule has 2 heterocycles. The Morgan fingerprint density at radius 2 is 1.46 bits per heavy atom. The number of fused-ring (bicyclic) bond motifs is 2. The zero-order valence-corrected chi connectivity index (χ0v) is 19.3. The molecule has 8 rings (SSSR count). The molecule has 1 atom stereocenters. The summed E-state index contributed by atoms with van der Waals surface area (Å²) in [7, 11) is 0. The fraction of sp³-hybridized carbons (Fsp3) is 0.0909. The standard InChI is InChI=1S/C33H22O2/c1-19-6-7-22-18-31(35-29(22)14-19)26-12-10-20-8-9-23-15-25(16-24-11-13-27(26)33(20)32(23)24)30-17-21-4-2-3-5-28(21)34-30/h2-16,18,30H,17H2,1H3. The van der Waals surface area contributed by atoms with Crippen molar-refractivity contribution in [1.29, 1.82) is 0 Å². The van der Waals surface area contributed by atoms with E-state index in [4.69, 9.17) is 9.15 Å². The lowest BCUT2D eigenvalue weighted by molar-refractivity contribution is 0.239. The molecule has 1 aliphatic heterocycles. The van der Waals surface area contributed by atoms with Crippen LogP contribution in [0.5, 0.6) is 5.75 Å². The number of benzene rings is 6. The van der Waals surface area contributed by atoms with Gasteiger partial charge in [-0.05, 0) is 92.3 Å². The monoisotopic (exact) mass is 450 g/mol. The maximum absolute atomic E-state index is 6.33. The Bertz CT molecular complexity index is 1880. The highest BCUT2D eigenvalue weighted by atomic mass is 16.5. The minimum absolute atomic E-state index is 0.0592. The average Bonchev–Trinajstić information content (AvgIpc) is 3.51. The Morgan fingerprint density at radius 3 is 2.34 bits per heavy atom. The van der Waals surface area contributed by atoms with Gasteiger partial charge in [0.1, 0.15) is 23.2 Å². The fourth-order valence-electron chi connectivity index (χ4n) is 5.88. The number of ether oxygens (including phenoxy) is 1. The van der Waals surface area contributed by atoms with E-state index in [1.165, 1.54) is 49.0 Å². The highest BCUT2D eigenvalue weighted by Crippen LogP contribution is 2.43. The van der Waals surface area contributed by atoms with Gasteiger partial charge in [-0.3, -0.25) is 0 Å². The molecule has 2 nitrogen and oxygen atoms in total. The molecule has 1 aliphatic rings. The Morgan fingerprint density at radius 1 is 0.686 bits per heavy atom. The van der Waals surface area contributed by atoms with Crippen LogP contribution < -0.4 is 4.74 Å². The molecular formula is C33H22O2. The quantitative estimate of drug-likeness (QED) is 0.245. The summed E-state index contributed by atoms with van der Waals surface area (Å²) in [6.07, 6.45) is 0.975. The third-order valence-electron chi connectivity index (χ3n) is 7.58. The Hall–Kier alpha value is -4.30. The van der Waals surface area contributed by atoms with Gasteiger partial charge in [-0.1, -0.05) is 60.7 Å². The molecule has 0 bridgehead atoms. The topological polar surface area (TPSA) is 22.4 Å². The molecular weight excluding hydrogens is 428 g/mol. The van der Waals surface area contributed by atoms with Crippen molar-refractivity contribution in [3.63, 3.8) is 0 Å². The molecule has 0 amide bonds. The van der Waals surface area contributed by atoms with Gasteiger partial charge in [0.15, 0.2) is 0 Å². The van der Waals surface area contributed by atoms with Crippen molar-refractivity contribution in [3.05, 3.63) is 114 Å². The van der Waals surface area contributed by atoms with Crippen molar-refractivity contribution in [2.75, 3.05) is 0 Å². The normalized spacial score (nSPS) is 15.4. The Balaban J connectivity index is 1.32. The van der Waals surface area contributed by atoms with E-state index >= 15 is 0 Å². The minimum Gasteiger partial charge on any atom is -0.485 e. The highest BCUT2D eigenvalue weighted by Gasteiger charge is 2.25. The van der Waals surface area contributed by atoms with Crippen molar-refractivity contribution in [2.24, 2.45) is 0 Å². The summed E-state index contributed by atoms with van der Waals surface area (Å²) in [6.45, 7) is 2.10. The van der Waals surface area contributed by atoms with Gasteiger partial charge in [-0.2, -0.15) is 0 Å². The second-order valence-electron chi connectivity index (χ2n) is 9.80. The van der Waals surface area contributed by atoms with Gasteiger partial charge in [-0.25, -0.2) is 0 Å². The Labute approximate surface area is 202 Å². The van der Waals surface area contributed by atoms with E-state index in [1.807, 2.05) is 6.07 Å². The van der Waals surface area contributed by atoms with Crippen LogP contribution in [0.3, 0.4) is 0 Å². The maximum Gasteiger partial charge on any atom is 0.136 e. The Kier molecular flexibility index (Phi) is 3.74. The lowest BCUT2D eigenvalue weighted by Gasteiger charge is -2.17. The first-order valence-electron chi connectivity index (χ1n) is 12.2. The predicted molar refractivity (Wildman–Crippen MR) is 144 cm³/mol. The lowest BCUT2D eigenvalue weighted by Crippen LogP contribution is -2.03. The van der Waals surface area contributed by atoms with Gasteiger partial charge >= 0.3 is 0 Å². The summed E-state index contributed by atoms with van der Waals surface area (Å²) in [5, 5.41) is 8.75. The van der Waals surface area contributed by atoms with Crippen molar-refractivity contribution in [3.8, 4) is 17.1 Å². The van der Waals surface area contributed by atoms with E-state index in [0.29, 0.717) is 0 Å². The molecule has 0 N–H and O–H groups in total. The van der Waals surface area contributed by atoms with Crippen LogP contribution in [-0.4, -0.2) is 0 Å². The fourth-order valence-corrected chi connectivity index (χ4v) is 5.88. The van der Waals surface area contributed by atoms with Gasteiger partial charge in [0, 0.05) is 17.4 Å². The van der Waals surface area contributed by atoms with Gasteiger partial charge in [0.05, 0.1) is 0 Å². The number of furan rings is 1. The minimum atomic E-state index is 0.0592. The number of para-hydroxylation sites is 1. The van der Waals surface area contributed by atoms with Gasteiger partial charge in [0.2, 0.25) is 0 Å². The zero-order valence-electron chi connectivity index (χ0n) is 19.3. The van der Waals surface area contributed by atoms with Gasteiger partial charge in [0.25, 0.3) is 0 Å². The first-order valence-corrected chi connectivity index (χ1v) is 12.2. The van der Waals surface area contributed by atoms with E-state index in [0.717, 1.165) is 34.5 Å². The van der Waals surface area contributed by atoms with Crippen LogP contribution in [0.4, 0.5) is 0 Å². The maximum atomic E-state index is 6.33. The summed E-state index contributed by atoms with van der Waals surface area (Å²) in [4.78, 5) is 0. The third kappa shape index (κ3) is 2.77. The van der Waals surface area contributed by atoms with E-state index in [9.17, 15) is 0 Å². The molecule has 0 radical (unpaired) electrons. The van der Waals surface area contributed by atoms with Crippen molar-refractivity contribution >= 4 is 43.3 Å². The second-order valence-corrected chi connectivity index (χ2v) is 9.80. The molecule has 2 heteroatoms. The van der Waals surface area contributed by atoms with E-state index in [2.05, 4.69) is 97.9 Å². The molecule has 0 spiro atoms. The van der Waals surface area contributed by atoms with Crippen LogP contribution >= 0.6 is 0 Å². The van der Waals surface area contributed by atoms with Crippen molar-refractivity contribution in [1.82, 2.24) is 0 Å². The molecule has 166 valence electrons. The van der Waals surface area contributed by atoms with Crippen LogP contribution in [0, 0.1) is 6.92 Å². The average molecular weight is 451 g/mol. The largest absolute Gasteiger partial charge is 0.485 e. The third-order valence-corrected chi connectivity index (χ3v) is 7.58. The molecule has 0 saturated heterocycles. The second kappa shape index (κ2) is 6.86. The van der Waals surface area contributed by atoms with Crippen LogP contribution in [0.15, 0.2) is 101 Å². The summed E-state index contributed by atoms with van der Waals surface area (Å²) < 4.78 is 12.6. The molecule has 0 saturated carbocycles. The number of rotatable bonds is 2. The van der Waals surface area contributed by atoms with Crippen LogP contribution in [0.2, 0.25) is 0 Å². The predicted octanol–water partition coefficient (Wildman–Crippen LogP) is 8.98. The molecule has 35 heavy (non-hydrogen) atoms. The molecule has 7 aromatic rings. The number of hydrogen-bond donors (Lipinski definition) is 0. The molecule has 0 aliphatic carbocycles. The van der Waals surface area contributed by atoms with Gasteiger partial charge in [-0.15, -0.1) is 0 Å². The van der Waals surface area contributed by atoms with Crippen molar-refractivity contribution < 1.29 is 9.15 Å². The highest BCUT2D eigenvalue weighted by molar-refractivity contribution is 6.25. The van der Waals surface area contributed by atoms with Gasteiger partial charge < -0.3 is 9.15 Å². The molecule has 1 aromatic heterocycles. The first-order chi connectivity index (χ1) is 17.2. The van der Waals surface area contributed by atoms with Crippen LogP contribution in [-0.2, 0) is 6.42 Å². The van der Waals surface area contributed by atoms with E-state index in [1.54, 1.807) is 0 Å². The smallest absolute Gasteiger partial charge is 0.136 e. The SMILES string of the molecule is Cc1ccc2cc(-c3ccc4ccc5cc(C6Cc7ccccc7O6)cc6ccc3c4c56)oc2c1. The summed E-state index contributed by atoms with van der Waals surface area (Å²) >= 11 is 0. The van der Waals surface area contributed by atoms with E-state index < -0.39 is 0 Å². The summed E-state index contributed by atoms with van der Waals surface area (Å²) in [5.74, 6) is 1.93. The number of hydrogen-bond acceptors (Lipinski definition) is 2. The first kappa shape index (κ1) is 19.1. The number of aryl methyl sites for hydroxylation is 1. The van der Waals surface area contributed by atoms with Crippen LogP contribution in [0.25, 0.3) is 54.6 Å². The van der Waals surface area contributed by atoms with Crippen molar-refractivity contribution in [2.45, 2.75) is 19.4 Å². The summed E-state index contributed by atoms with van der Waals surface area (Å²) in [5.41, 5.74) is 5.81. The van der Waals surface area contributed by atoms with E-state index in [-0.39, 0.29) is 6.10 Å². The zero-order chi connectivity index (χ0) is 23.1. The molecule has 0 fully saturated rings.